The van der Waals surface area contributed by atoms with Crippen molar-refractivity contribution in [1.29, 1.82) is 0 Å². The van der Waals surface area contributed by atoms with Gasteiger partial charge in [0.15, 0.2) is 0 Å². The first-order valence-electron chi connectivity index (χ1n) is 7.22. The second-order valence-corrected chi connectivity index (χ2v) is 7.04. The molecule has 0 aliphatic heterocycles. The van der Waals surface area contributed by atoms with Crippen LogP contribution in [0.5, 0.6) is 0 Å². The fourth-order valence-corrected chi connectivity index (χ4v) is 4.61. The Hall–Kier alpha value is -0.693. The highest BCUT2D eigenvalue weighted by atomic mass is 28.4. The van der Waals surface area contributed by atoms with Crippen LogP contribution < -0.4 is 0 Å². The van der Waals surface area contributed by atoms with E-state index in [1.54, 1.807) is 6.92 Å². The van der Waals surface area contributed by atoms with Crippen molar-refractivity contribution < 1.29 is 22.8 Å². The zero-order chi connectivity index (χ0) is 15.6. The van der Waals surface area contributed by atoms with Crippen molar-refractivity contribution >= 4 is 14.8 Å². The van der Waals surface area contributed by atoms with Crippen LogP contribution >= 0.6 is 0 Å². The summed E-state index contributed by atoms with van der Waals surface area (Å²) < 4.78 is 22.7. The first-order valence-corrected chi connectivity index (χ1v) is 9.16. The third-order valence-corrected chi connectivity index (χ3v) is 5.79. The Kier molecular flexibility index (Phi) is 9.74. The van der Waals surface area contributed by atoms with Crippen LogP contribution in [0.25, 0.3) is 0 Å². The van der Waals surface area contributed by atoms with Crippen molar-refractivity contribution in [3.63, 3.8) is 0 Å². The predicted molar refractivity (Wildman–Crippen MR) is 80.4 cm³/mol. The molecule has 0 rings (SSSR count). The van der Waals surface area contributed by atoms with E-state index in [0.717, 1.165) is 0 Å². The minimum absolute atomic E-state index is 0.282. The fourth-order valence-electron chi connectivity index (χ4n) is 1.76. The lowest BCUT2D eigenvalue weighted by molar-refractivity contribution is -0.143. The average Bonchev–Trinajstić information content (AvgIpc) is 2.38. The molecular formula is C14H28O5Si. The molecule has 1 unspecified atom stereocenters. The van der Waals surface area contributed by atoms with Crippen molar-refractivity contribution in [2.45, 2.75) is 53.2 Å². The average molecular weight is 304 g/mol. The molecule has 0 saturated heterocycles. The van der Waals surface area contributed by atoms with Crippen LogP contribution in [0.4, 0.5) is 0 Å². The molecule has 118 valence electrons. The van der Waals surface area contributed by atoms with Gasteiger partial charge in [-0.25, -0.2) is 4.79 Å². The van der Waals surface area contributed by atoms with E-state index in [1.807, 2.05) is 27.7 Å². The highest BCUT2D eigenvalue weighted by Gasteiger charge is 2.43. The second kappa shape index (κ2) is 10.1. The summed E-state index contributed by atoms with van der Waals surface area (Å²) in [6, 6.07) is 0.470. The van der Waals surface area contributed by atoms with E-state index < -0.39 is 8.80 Å². The molecule has 0 saturated carbocycles. The van der Waals surface area contributed by atoms with Gasteiger partial charge in [0, 0.05) is 25.4 Å². The van der Waals surface area contributed by atoms with E-state index in [-0.39, 0.29) is 12.1 Å². The molecule has 0 bridgehead atoms. The van der Waals surface area contributed by atoms with Crippen LogP contribution in [0.2, 0.25) is 6.04 Å². The van der Waals surface area contributed by atoms with Crippen LogP contribution in [-0.4, -0.2) is 40.7 Å². The summed E-state index contributed by atoms with van der Waals surface area (Å²) in [7, 11) is -2.79. The number of hydrogen-bond acceptors (Lipinski definition) is 5. The summed E-state index contributed by atoms with van der Waals surface area (Å²) >= 11 is 0. The molecule has 0 aliphatic rings. The second-order valence-electron chi connectivity index (χ2n) is 4.40. The molecule has 0 aromatic carbocycles. The number of hydrogen-bond donors (Lipinski definition) is 0. The largest absolute Gasteiger partial charge is 0.504 e. The Morgan fingerprint density at radius 1 is 1.05 bits per heavy atom. The first kappa shape index (κ1) is 19.3. The summed E-state index contributed by atoms with van der Waals surface area (Å²) in [4.78, 5) is 11.6. The van der Waals surface area contributed by atoms with Gasteiger partial charge in [0.1, 0.15) is 6.10 Å². The molecule has 6 heteroatoms. The van der Waals surface area contributed by atoms with Crippen molar-refractivity contribution in [2.75, 3.05) is 19.8 Å². The normalized spacial score (nSPS) is 13.1. The summed E-state index contributed by atoms with van der Waals surface area (Å²) in [6.45, 7) is 14.4. The van der Waals surface area contributed by atoms with Crippen LogP contribution in [0.15, 0.2) is 12.2 Å². The van der Waals surface area contributed by atoms with Crippen LogP contribution in [0.1, 0.15) is 41.0 Å². The third-order valence-electron chi connectivity index (χ3n) is 2.65. The SMILES string of the molecule is C=C(C)C(=O)OC(CC)C[Si](OCC)(OCC)OCC. The molecule has 5 nitrogen and oxygen atoms in total. The predicted octanol–water partition coefficient (Wildman–Crippen LogP) is 2.93. The van der Waals surface area contributed by atoms with Crippen molar-refractivity contribution in [1.82, 2.24) is 0 Å². The summed E-state index contributed by atoms with van der Waals surface area (Å²) in [6.07, 6.45) is 0.400. The number of carbonyl (C=O) groups excluding carboxylic acids is 1. The lowest BCUT2D eigenvalue weighted by atomic mass is 10.3. The van der Waals surface area contributed by atoms with Gasteiger partial charge in [-0.2, -0.15) is 0 Å². The molecular weight excluding hydrogens is 276 g/mol. The van der Waals surface area contributed by atoms with Crippen LogP contribution in [-0.2, 0) is 22.8 Å². The number of rotatable bonds is 11. The third kappa shape index (κ3) is 6.65. The van der Waals surface area contributed by atoms with Gasteiger partial charge in [-0.05, 0) is 34.1 Å². The van der Waals surface area contributed by atoms with Gasteiger partial charge in [-0.15, -0.1) is 0 Å². The zero-order valence-electron chi connectivity index (χ0n) is 13.4. The van der Waals surface area contributed by atoms with Crippen molar-refractivity contribution in [3.8, 4) is 0 Å². The van der Waals surface area contributed by atoms with Crippen LogP contribution in [0, 0.1) is 0 Å². The van der Waals surface area contributed by atoms with Gasteiger partial charge < -0.3 is 18.0 Å². The number of esters is 1. The van der Waals surface area contributed by atoms with Crippen molar-refractivity contribution in [3.05, 3.63) is 12.2 Å². The maximum Gasteiger partial charge on any atom is 0.504 e. The molecule has 20 heavy (non-hydrogen) atoms. The molecule has 0 spiro atoms. The Morgan fingerprint density at radius 2 is 1.50 bits per heavy atom. The molecule has 0 amide bonds. The van der Waals surface area contributed by atoms with Gasteiger partial charge in [0.2, 0.25) is 0 Å². The van der Waals surface area contributed by atoms with Gasteiger partial charge >= 0.3 is 14.8 Å². The number of ether oxygens (including phenoxy) is 1. The Morgan fingerprint density at radius 3 is 1.80 bits per heavy atom. The van der Waals surface area contributed by atoms with E-state index in [4.69, 9.17) is 18.0 Å². The highest BCUT2D eigenvalue weighted by molar-refractivity contribution is 6.60. The Balaban J connectivity index is 4.88. The van der Waals surface area contributed by atoms with E-state index >= 15 is 0 Å². The van der Waals surface area contributed by atoms with E-state index in [2.05, 4.69) is 6.58 Å². The first-order chi connectivity index (χ1) is 9.44. The topological polar surface area (TPSA) is 54.0 Å². The molecule has 0 radical (unpaired) electrons. The lowest BCUT2D eigenvalue weighted by Crippen LogP contribution is -2.49. The molecule has 0 aromatic heterocycles. The summed E-state index contributed by atoms with van der Waals surface area (Å²) in [5.41, 5.74) is 0.389. The molecule has 0 fully saturated rings. The fraction of sp³-hybridized carbons (Fsp3) is 0.786. The minimum Gasteiger partial charge on any atom is -0.459 e. The van der Waals surface area contributed by atoms with Crippen molar-refractivity contribution in [2.24, 2.45) is 0 Å². The van der Waals surface area contributed by atoms with E-state index in [0.29, 0.717) is 37.9 Å². The minimum atomic E-state index is -2.79. The van der Waals surface area contributed by atoms with E-state index in [9.17, 15) is 4.79 Å². The molecule has 0 aliphatic carbocycles. The molecule has 0 N–H and O–H groups in total. The standard InChI is InChI=1S/C14H28O5Si/c1-7-13(19-14(15)12(5)6)11-20(16-8-2,17-9-3)18-10-4/h13H,5,7-11H2,1-4,6H3. The highest BCUT2D eigenvalue weighted by Crippen LogP contribution is 2.22. The van der Waals surface area contributed by atoms with E-state index in [1.165, 1.54) is 0 Å². The van der Waals surface area contributed by atoms with Gasteiger partial charge in [-0.3, -0.25) is 0 Å². The Labute approximate surface area is 123 Å². The summed E-state index contributed by atoms with van der Waals surface area (Å²) in [5, 5.41) is 0. The quantitative estimate of drug-likeness (QED) is 0.334. The lowest BCUT2D eigenvalue weighted by Gasteiger charge is -2.31. The number of carbonyl (C=O) groups is 1. The van der Waals surface area contributed by atoms with Gasteiger partial charge in [-0.1, -0.05) is 13.5 Å². The maximum absolute atomic E-state index is 11.6. The van der Waals surface area contributed by atoms with Crippen LogP contribution in [0.3, 0.4) is 0 Å². The maximum atomic E-state index is 11.6. The molecule has 1 atom stereocenters. The Bertz CT molecular complexity index is 289. The molecule has 0 heterocycles. The molecule has 0 aromatic rings. The zero-order valence-corrected chi connectivity index (χ0v) is 14.4. The van der Waals surface area contributed by atoms with Gasteiger partial charge in [0.25, 0.3) is 0 Å². The summed E-state index contributed by atoms with van der Waals surface area (Å²) in [5.74, 6) is -0.385. The van der Waals surface area contributed by atoms with Gasteiger partial charge in [0.05, 0.1) is 6.04 Å². The smallest absolute Gasteiger partial charge is 0.459 e. The monoisotopic (exact) mass is 304 g/mol.